The van der Waals surface area contributed by atoms with Gasteiger partial charge in [0.25, 0.3) is 0 Å². The van der Waals surface area contributed by atoms with Gasteiger partial charge in [-0.25, -0.2) is 8.78 Å². The van der Waals surface area contributed by atoms with Gasteiger partial charge in [0.05, 0.1) is 0 Å². The first kappa shape index (κ1) is 10.1. The average molecular weight is 213 g/mol. The summed E-state index contributed by atoms with van der Waals surface area (Å²) >= 11 is 0. The Kier molecular flexibility index (Phi) is 2.63. The summed E-state index contributed by atoms with van der Waals surface area (Å²) in [6.07, 6.45) is 0. The van der Waals surface area contributed by atoms with Crippen molar-refractivity contribution < 1.29 is 27.0 Å². The summed E-state index contributed by atoms with van der Waals surface area (Å²) in [6, 6.07) is -0.0347. The molecule has 70 valence electrons. The van der Waals surface area contributed by atoms with Gasteiger partial charge in [0, 0.05) is 6.07 Å². The summed E-state index contributed by atoms with van der Waals surface area (Å²) in [6.45, 7) is 0. The highest BCUT2D eigenvalue weighted by Crippen LogP contribution is 2.21. The molecule has 0 saturated heterocycles. The maximum absolute atomic E-state index is 12.6. The van der Waals surface area contributed by atoms with Crippen LogP contribution < -0.4 is 5.30 Å². The number of rotatable bonds is 1. The van der Waals surface area contributed by atoms with Crippen LogP contribution >= 0.6 is 8.03 Å². The Bertz CT molecular complexity index is 353. The molecule has 1 aromatic rings. The molecule has 0 amide bonds. The number of hydrogen-bond acceptors (Lipinski definition) is 1. The molecule has 0 radical (unpaired) electrons. The molecule has 0 aromatic heterocycles. The lowest BCUT2D eigenvalue weighted by Crippen LogP contribution is -2.13. The van der Waals surface area contributed by atoms with Crippen molar-refractivity contribution >= 4 is 13.3 Å². The van der Waals surface area contributed by atoms with Gasteiger partial charge in [0.15, 0.2) is 11.6 Å². The van der Waals surface area contributed by atoms with E-state index in [-0.39, 0.29) is 6.07 Å². The predicted molar refractivity (Wildman–Crippen MR) is 35.7 cm³/mol. The minimum atomic E-state index is -3.45. The van der Waals surface area contributed by atoms with Gasteiger partial charge in [-0.2, -0.15) is 13.7 Å². The van der Waals surface area contributed by atoms with E-state index in [1.54, 1.807) is 0 Å². The molecule has 13 heavy (non-hydrogen) atoms. The van der Waals surface area contributed by atoms with Crippen LogP contribution in [0.2, 0.25) is 0 Å². The third-order valence-electron chi connectivity index (χ3n) is 1.28. The van der Waals surface area contributed by atoms with Crippen LogP contribution in [0.3, 0.4) is 0 Å². The van der Waals surface area contributed by atoms with Gasteiger partial charge < -0.3 is 0 Å². The first-order valence-electron chi connectivity index (χ1n) is 2.94. The molecule has 7 heteroatoms. The Labute approximate surface area is 70.7 Å². The van der Waals surface area contributed by atoms with Crippen molar-refractivity contribution in [2.75, 3.05) is 0 Å². The first-order chi connectivity index (χ1) is 5.95. The summed E-state index contributed by atoms with van der Waals surface area (Å²) in [5.41, 5.74) is 0. The highest BCUT2D eigenvalue weighted by molar-refractivity contribution is 7.47. The minimum Gasteiger partial charge on any atom is -0.203 e. The molecule has 0 aliphatic carbocycles. The van der Waals surface area contributed by atoms with Crippen LogP contribution in [0.4, 0.5) is 17.6 Å². The van der Waals surface area contributed by atoms with Gasteiger partial charge >= 0.3 is 13.3 Å². The van der Waals surface area contributed by atoms with Gasteiger partial charge in [0.1, 0.15) is 0 Å². The average Bonchev–Trinajstić information content (AvgIpc) is 2.01. The zero-order valence-electron chi connectivity index (χ0n) is 5.89. The van der Waals surface area contributed by atoms with Crippen LogP contribution in [0.1, 0.15) is 0 Å². The molecule has 1 atom stereocenters. The van der Waals surface area contributed by atoms with E-state index in [1.807, 2.05) is 0 Å². The Morgan fingerprint density at radius 3 is 1.77 bits per heavy atom. The van der Waals surface area contributed by atoms with Gasteiger partial charge in [-0.05, 0) is 4.57 Å². The zero-order valence-corrected chi connectivity index (χ0v) is 6.79. The van der Waals surface area contributed by atoms with Crippen molar-refractivity contribution in [1.29, 1.82) is 0 Å². The third kappa shape index (κ3) is 1.68. The number of halogens is 4. The quantitative estimate of drug-likeness (QED) is 0.437. The third-order valence-corrected chi connectivity index (χ3v) is 2.06. The zero-order chi connectivity index (χ0) is 10.2. The lowest BCUT2D eigenvalue weighted by molar-refractivity contribution is 0.455. The van der Waals surface area contributed by atoms with Crippen LogP contribution in [0.5, 0.6) is 0 Å². The van der Waals surface area contributed by atoms with Crippen LogP contribution in [0.25, 0.3) is 0 Å². The topological polar surface area (TPSA) is 37.3 Å². The van der Waals surface area contributed by atoms with Crippen molar-refractivity contribution in [1.82, 2.24) is 0 Å². The first-order valence-corrected chi connectivity index (χ1v) is 4.15. The van der Waals surface area contributed by atoms with E-state index < -0.39 is 36.6 Å². The SMILES string of the molecule is O=[P+](O)c1c(F)c(F)cc(F)c1F. The molecule has 0 aliphatic rings. The molecule has 1 unspecified atom stereocenters. The molecule has 0 heterocycles. The standard InChI is InChI=1S/C6HF4O2P/c7-2-1-3(8)5(10)6(4(2)9)13(11)12/h1H/p+1. The Morgan fingerprint density at radius 2 is 1.46 bits per heavy atom. The summed E-state index contributed by atoms with van der Waals surface area (Å²) < 4.78 is 60.1. The lowest BCUT2D eigenvalue weighted by Gasteiger charge is -1.94. The van der Waals surface area contributed by atoms with Gasteiger partial charge in [0.2, 0.25) is 11.6 Å². The monoisotopic (exact) mass is 213 g/mol. The Balaban J connectivity index is 3.56. The second-order valence-corrected chi connectivity index (χ2v) is 3.08. The van der Waals surface area contributed by atoms with Gasteiger partial charge in [-0.15, -0.1) is 0 Å². The maximum Gasteiger partial charge on any atom is 0.552 e. The summed E-state index contributed by atoms with van der Waals surface area (Å²) in [5, 5.41) is -1.48. The molecule has 1 rings (SSSR count). The summed E-state index contributed by atoms with van der Waals surface area (Å²) in [7, 11) is -3.45. The molecular weight excluding hydrogens is 211 g/mol. The molecule has 0 aliphatic heterocycles. The lowest BCUT2D eigenvalue weighted by atomic mass is 10.3. The van der Waals surface area contributed by atoms with E-state index in [0.29, 0.717) is 0 Å². The van der Waals surface area contributed by atoms with E-state index in [9.17, 15) is 22.1 Å². The fraction of sp³-hybridized carbons (Fsp3) is 0. The highest BCUT2D eigenvalue weighted by Gasteiger charge is 2.33. The number of benzene rings is 1. The molecule has 0 saturated carbocycles. The largest absolute Gasteiger partial charge is 0.552 e. The van der Waals surface area contributed by atoms with E-state index in [2.05, 4.69) is 0 Å². The molecule has 0 spiro atoms. The molecule has 0 bridgehead atoms. The summed E-state index contributed by atoms with van der Waals surface area (Å²) in [4.78, 5) is 8.33. The Morgan fingerprint density at radius 1 is 1.08 bits per heavy atom. The van der Waals surface area contributed by atoms with Crippen molar-refractivity contribution in [3.8, 4) is 0 Å². The van der Waals surface area contributed by atoms with E-state index in [4.69, 9.17) is 4.89 Å². The fourth-order valence-electron chi connectivity index (χ4n) is 0.728. The highest BCUT2D eigenvalue weighted by atomic mass is 31.1. The molecule has 2 nitrogen and oxygen atoms in total. The van der Waals surface area contributed by atoms with Crippen LogP contribution in [-0.2, 0) is 4.57 Å². The van der Waals surface area contributed by atoms with Crippen molar-refractivity contribution in [2.45, 2.75) is 0 Å². The maximum atomic E-state index is 12.6. The van der Waals surface area contributed by atoms with Crippen molar-refractivity contribution in [2.24, 2.45) is 0 Å². The van der Waals surface area contributed by atoms with Crippen LogP contribution in [-0.4, -0.2) is 4.89 Å². The van der Waals surface area contributed by atoms with Crippen molar-refractivity contribution in [3.05, 3.63) is 29.3 Å². The van der Waals surface area contributed by atoms with Gasteiger partial charge in [-0.1, -0.05) is 0 Å². The Hall–Kier alpha value is -1.00. The second kappa shape index (κ2) is 3.40. The predicted octanol–water partition coefficient (Wildman–Crippen LogP) is 1.60. The van der Waals surface area contributed by atoms with E-state index >= 15 is 0 Å². The second-order valence-electron chi connectivity index (χ2n) is 2.09. The smallest absolute Gasteiger partial charge is 0.203 e. The van der Waals surface area contributed by atoms with Crippen molar-refractivity contribution in [3.63, 3.8) is 0 Å². The number of hydrogen-bond donors (Lipinski definition) is 1. The molecule has 1 aromatic carbocycles. The normalized spacial score (nSPS) is 11.6. The van der Waals surface area contributed by atoms with Crippen LogP contribution in [0.15, 0.2) is 6.07 Å². The van der Waals surface area contributed by atoms with E-state index in [1.165, 1.54) is 0 Å². The minimum absolute atomic E-state index is 0.0347. The summed E-state index contributed by atoms with van der Waals surface area (Å²) in [5.74, 6) is -7.09. The molecular formula is C6H2F4O2P+. The van der Waals surface area contributed by atoms with Gasteiger partial charge in [-0.3, -0.25) is 0 Å². The van der Waals surface area contributed by atoms with E-state index in [0.717, 1.165) is 0 Å². The fourth-order valence-corrected chi connectivity index (χ4v) is 1.28. The van der Waals surface area contributed by atoms with Crippen LogP contribution in [0, 0.1) is 23.3 Å². The molecule has 0 fully saturated rings. The molecule has 1 N–H and O–H groups in total.